The Kier molecular flexibility index (Phi) is 3.55. The van der Waals surface area contributed by atoms with Gasteiger partial charge in [-0.1, -0.05) is 0 Å². The van der Waals surface area contributed by atoms with Crippen LogP contribution in [0.15, 0.2) is 24.3 Å². The van der Waals surface area contributed by atoms with Gasteiger partial charge in [0.05, 0.1) is 4.92 Å². The SMILES string of the molecule is O=[N+]([O-])c1ccc(O[C@H]2CCNC[C@@H]2O)cc1. The Hall–Kier alpha value is -1.66. The first-order chi connectivity index (χ1) is 8.16. The van der Waals surface area contributed by atoms with Gasteiger partial charge in [0.15, 0.2) is 0 Å². The third-order valence-corrected chi connectivity index (χ3v) is 2.72. The lowest BCUT2D eigenvalue weighted by molar-refractivity contribution is -0.384. The molecule has 1 saturated heterocycles. The molecule has 0 bridgehead atoms. The Labute approximate surface area is 98.4 Å². The number of nitro groups is 1. The van der Waals surface area contributed by atoms with Crippen molar-refractivity contribution in [2.45, 2.75) is 18.6 Å². The summed E-state index contributed by atoms with van der Waals surface area (Å²) in [5.41, 5.74) is 0.0307. The molecule has 1 fully saturated rings. The molecule has 17 heavy (non-hydrogen) atoms. The number of non-ortho nitro benzene ring substituents is 1. The summed E-state index contributed by atoms with van der Waals surface area (Å²) in [6.45, 7) is 1.31. The van der Waals surface area contributed by atoms with E-state index in [-0.39, 0.29) is 11.8 Å². The van der Waals surface area contributed by atoms with Gasteiger partial charge < -0.3 is 15.2 Å². The standard InChI is InChI=1S/C11H14N2O4/c14-10-7-12-6-5-11(10)17-9-3-1-8(2-4-9)13(15)16/h1-4,10-12,14H,5-7H2/t10-,11-/m0/s1. The van der Waals surface area contributed by atoms with Gasteiger partial charge in [-0.15, -0.1) is 0 Å². The third kappa shape index (κ3) is 2.92. The van der Waals surface area contributed by atoms with Gasteiger partial charge in [0.1, 0.15) is 18.0 Å². The highest BCUT2D eigenvalue weighted by Gasteiger charge is 2.24. The first-order valence-electron chi connectivity index (χ1n) is 5.47. The molecule has 92 valence electrons. The first-order valence-corrected chi connectivity index (χ1v) is 5.47. The number of hydrogen-bond donors (Lipinski definition) is 2. The fraction of sp³-hybridized carbons (Fsp3) is 0.455. The van der Waals surface area contributed by atoms with Crippen LogP contribution in [0.4, 0.5) is 5.69 Å². The van der Waals surface area contributed by atoms with E-state index in [1.807, 2.05) is 0 Å². The lowest BCUT2D eigenvalue weighted by atomic mass is 10.1. The minimum absolute atomic E-state index is 0.0307. The molecule has 0 unspecified atom stereocenters. The van der Waals surface area contributed by atoms with Gasteiger partial charge in [0, 0.05) is 18.7 Å². The van der Waals surface area contributed by atoms with Crippen molar-refractivity contribution in [2.75, 3.05) is 13.1 Å². The number of nitrogens with one attached hydrogen (secondary N) is 1. The van der Waals surface area contributed by atoms with Crippen LogP contribution >= 0.6 is 0 Å². The average molecular weight is 238 g/mol. The van der Waals surface area contributed by atoms with Crippen molar-refractivity contribution in [2.24, 2.45) is 0 Å². The van der Waals surface area contributed by atoms with E-state index in [4.69, 9.17) is 4.74 Å². The van der Waals surface area contributed by atoms with Crippen LogP contribution in [0.1, 0.15) is 6.42 Å². The zero-order valence-electron chi connectivity index (χ0n) is 9.20. The first kappa shape index (κ1) is 11.8. The van der Waals surface area contributed by atoms with Gasteiger partial charge in [-0.2, -0.15) is 0 Å². The van der Waals surface area contributed by atoms with Crippen LogP contribution in [0.5, 0.6) is 5.75 Å². The van der Waals surface area contributed by atoms with Crippen molar-refractivity contribution in [1.82, 2.24) is 5.32 Å². The summed E-state index contributed by atoms with van der Waals surface area (Å²) in [6.07, 6.45) is -0.0744. The van der Waals surface area contributed by atoms with Crippen molar-refractivity contribution >= 4 is 5.69 Å². The number of hydrogen-bond acceptors (Lipinski definition) is 5. The van der Waals surface area contributed by atoms with Crippen molar-refractivity contribution in [3.05, 3.63) is 34.4 Å². The smallest absolute Gasteiger partial charge is 0.269 e. The van der Waals surface area contributed by atoms with Gasteiger partial charge in [-0.05, 0) is 25.1 Å². The molecule has 0 radical (unpaired) electrons. The van der Waals surface area contributed by atoms with Crippen LogP contribution in [-0.4, -0.2) is 35.3 Å². The van der Waals surface area contributed by atoms with Gasteiger partial charge in [-0.3, -0.25) is 10.1 Å². The van der Waals surface area contributed by atoms with Crippen LogP contribution in [0, 0.1) is 10.1 Å². The second-order valence-electron chi connectivity index (χ2n) is 3.97. The van der Waals surface area contributed by atoms with E-state index in [2.05, 4.69) is 5.32 Å². The van der Waals surface area contributed by atoms with E-state index >= 15 is 0 Å². The molecule has 1 heterocycles. The number of benzene rings is 1. The highest BCUT2D eigenvalue weighted by Crippen LogP contribution is 2.20. The Morgan fingerprint density at radius 3 is 2.71 bits per heavy atom. The number of ether oxygens (including phenoxy) is 1. The van der Waals surface area contributed by atoms with Crippen molar-refractivity contribution in [3.8, 4) is 5.75 Å². The van der Waals surface area contributed by atoms with E-state index in [1.54, 1.807) is 12.1 Å². The van der Waals surface area contributed by atoms with Crippen LogP contribution in [-0.2, 0) is 0 Å². The molecule has 1 aromatic rings. The number of aliphatic hydroxyl groups is 1. The molecule has 6 heteroatoms. The molecule has 0 aromatic heterocycles. The monoisotopic (exact) mass is 238 g/mol. The Balaban J connectivity index is 2.00. The molecule has 2 atom stereocenters. The van der Waals surface area contributed by atoms with Gasteiger partial charge in [-0.25, -0.2) is 0 Å². The summed E-state index contributed by atoms with van der Waals surface area (Å²) in [7, 11) is 0. The van der Waals surface area contributed by atoms with E-state index in [9.17, 15) is 15.2 Å². The number of piperidine rings is 1. The van der Waals surface area contributed by atoms with E-state index in [0.717, 1.165) is 13.0 Å². The predicted molar refractivity (Wildman–Crippen MR) is 61.0 cm³/mol. The van der Waals surface area contributed by atoms with Crippen molar-refractivity contribution < 1.29 is 14.8 Å². The van der Waals surface area contributed by atoms with Crippen molar-refractivity contribution in [3.63, 3.8) is 0 Å². The van der Waals surface area contributed by atoms with Crippen LogP contribution in [0.25, 0.3) is 0 Å². The topological polar surface area (TPSA) is 84.6 Å². The highest BCUT2D eigenvalue weighted by molar-refractivity contribution is 5.36. The molecule has 1 aliphatic heterocycles. The Morgan fingerprint density at radius 1 is 1.41 bits per heavy atom. The lowest BCUT2D eigenvalue weighted by Gasteiger charge is -2.28. The molecule has 0 amide bonds. The van der Waals surface area contributed by atoms with Crippen molar-refractivity contribution in [1.29, 1.82) is 0 Å². The molecule has 2 rings (SSSR count). The fourth-order valence-corrected chi connectivity index (χ4v) is 1.78. The quantitative estimate of drug-likeness (QED) is 0.598. The molecule has 1 aromatic carbocycles. The Bertz CT molecular complexity index is 393. The molecular weight excluding hydrogens is 224 g/mol. The van der Waals surface area contributed by atoms with E-state index < -0.39 is 11.0 Å². The maximum absolute atomic E-state index is 10.5. The predicted octanol–water partition coefficient (Wildman–Crippen LogP) is 0.696. The summed E-state index contributed by atoms with van der Waals surface area (Å²) in [5, 5.41) is 23.2. The van der Waals surface area contributed by atoms with Crippen LogP contribution in [0.3, 0.4) is 0 Å². The zero-order valence-corrected chi connectivity index (χ0v) is 9.20. The molecule has 6 nitrogen and oxygen atoms in total. The number of nitro benzene ring substituents is 1. The minimum atomic E-state index is -0.543. The molecule has 1 aliphatic rings. The second kappa shape index (κ2) is 5.11. The lowest BCUT2D eigenvalue weighted by Crippen LogP contribution is -2.46. The summed E-state index contributed by atoms with van der Waals surface area (Å²) < 4.78 is 5.59. The van der Waals surface area contributed by atoms with Gasteiger partial charge >= 0.3 is 0 Å². The minimum Gasteiger partial charge on any atom is -0.488 e. The van der Waals surface area contributed by atoms with Crippen LogP contribution in [0.2, 0.25) is 0 Å². The number of aliphatic hydroxyl groups excluding tert-OH is 1. The summed E-state index contributed by atoms with van der Waals surface area (Å²) in [6, 6.07) is 5.88. The highest BCUT2D eigenvalue weighted by atomic mass is 16.6. The van der Waals surface area contributed by atoms with E-state index in [0.29, 0.717) is 12.3 Å². The number of β-amino-alcohol motifs (C(OH)–C–C–N with tert-alkyl or cyclic N) is 1. The molecule has 0 saturated carbocycles. The van der Waals surface area contributed by atoms with Crippen LogP contribution < -0.4 is 10.1 Å². The zero-order chi connectivity index (χ0) is 12.3. The van der Waals surface area contributed by atoms with Gasteiger partial charge in [0.2, 0.25) is 0 Å². The molecule has 2 N–H and O–H groups in total. The Morgan fingerprint density at radius 2 is 2.12 bits per heavy atom. The summed E-state index contributed by atoms with van der Waals surface area (Å²) in [4.78, 5) is 10.0. The number of rotatable bonds is 3. The second-order valence-corrected chi connectivity index (χ2v) is 3.97. The third-order valence-electron chi connectivity index (χ3n) is 2.72. The summed E-state index contributed by atoms with van der Waals surface area (Å²) in [5.74, 6) is 0.543. The maximum Gasteiger partial charge on any atom is 0.269 e. The molecule has 0 aliphatic carbocycles. The molecule has 0 spiro atoms. The maximum atomic E-state index is 10.5. The van der Waals surface area contributed by atoms with E-state index in [1.165, 1.54) is 12.1 Å². The fourth-order valence-electron chi connectivity index (χ4n) is 1.78. The number of nitrogens with zero attached hydrogens (tertiary/aromatic N) is 1. The molecular formula is C11H14N2O4. The average Bonchev–Trinajstić information content (AvgIpc) is 2.33. The normalized spacial score (nSPS) is 24.3. The largest absolute Gasteiger partial charge is 0.488 e. The van der Waals surface area contributed by atoms with Gasteiger partial charge in [0.25, 0.3) is 5.69 Å². The summed E-state index contributed by atoms with van der Waals surface area (Å²) >= 11 is 0.